The van der Waals surface area contributed by atoms with E-state index in [1.807, 2.05) is 18.2 Å². The summed E-state index contributed by atoms with van der Waals surface area (Å²) in [5, 5.41) is 0.759. The van der Waals surface area contributed by atoms with Crippen LogP contribution in [0.5, 0.6) is 5.75 Å². The lowest BCUT2D eigenvalue weighted by Crippen LogP contribution is -2.50. The van der Waals surface area contributed by atoms with Crippen molar-refractivity contribution in [3.8, 4) is 16.9 Å². The predicted molar refractivity (Wildman–Crippen MR) is 142 cm³/mol. The number of fused-ring (bicyclic) bond motifs is 1. The van der Waals surface area contributed by atoms with E-state index in [9.17, 15) is 14.0 Å². The Balaban J connectivity index is 1.42. The van der Waals surface area contributed by atoms with Crippen molar-refractivity contribution < 1.29 is 27.9 Å². The Kier molecular flexibility index (Phi) is 7.56. The van der Waals surface area contributed by atoms with Crippen LogP contribution in [0.2, 0.25) is 0 Å². The van der Waals surface area contributed by atoms with Gasteiger partial charge in [0.1, 0.15) is 23.3 Å². The maximum atomic E-state index is 13.7. The third-order valence-corrected chi connectivity index (χ3v) is 7.50. The van der Waals surface area contributed by atoms with Gasteiger partial charge in [0.15, 0.2) is 0 Å². The third kappa shape index (κ3) is 5.34. The number of hydrogen-bond acceptors (Lipinski definition) is 6. The third-order valence-electron chi connectivity index (χ3n) is 7.50. The topological polar surface area (TPSA) is 75.5 Å². The van der Waals surface area contributed by atoms with Crippen molar-refractivity contribution in [2.24, 2.45) is 0 Å². The van der Waals surface area contributed by atoms with Gasteiger partial charge in [-0.25, -0.2) is 9.18 Å². The van der Waals surface area contributed by atoms with Gasteiger partial charge in [0.2, 0.25) is 5.76 Å². The molecule has 0 N–H and O–H groups in total. The van der Waals surface area contributed by atoms with Gasteiger partial charge in [-0.2, -0.15) is 0 Å². The van der Waals surface area contributed by atoms with Crippen LogP contribution in [-0.2, 0) is 4.74 Å². The van der Waals surface area contributed by atoms with Gasteiger partial charge in [-0.3, -0.25) is 4.79 Å². The van der Waals surface area contributed by atoms with E-state index in [0.29, 0.717) is 54.7 Å². The molecule has 0 atom stereocenters. The van der Waals surface area contributed by atoms with Crippen LogP contribution in [0.4, 0.5) is 9.18 Å². The summed E-state index contributed by atoms with van der Waals surface area (Å²) in [6, 6.07) is 12.2. The summed E-state index contributed by atoms with van der Waals surface area (Å²) in [4.78, 5) is 31.2. The van der Waals surface area contributed by atoms with Gasteiger partial charge >= 0.3 is 6.09 Å². The number of piperazine rings is 1. The first-order valence-corrected chi connectivity index (χ1v) is 13.2. The smallest absolute Gasteiger partial charge is 0.409 e. The highest BCUT2D eigenvalue weighted by atomic mass is 19.1. The molecule has 2 aliphatic rings. The van der Waals surface area contributed by atoms with Crippen molar-refractivity contribution in [3.63, 3.8) is 0 Å². The molecule has 38 heavy (non-hydrogen) atoms. The maximum absolute atomic E-state index is 13.7. The summed E-state index contributed by atoms with van der Waals surface area (Å²) in [7, 11) is 1.34. The Morgan fingerprint density at radius 1 is 0.947 bits per heavy atom. The molecule has 1 aromatic heterocycles. The number of furan rings is 1. The molecule has 0 aliphatic carbocycles. The second-order valence-electron chi connectivity index (χ2n) is 10.2. The number of nitrogens with zero attached hydrogens (tertiary/aromatic N) is 3. The summed E-state index contributed by atoms with van der Waals surface area (Å²) in [6.45, 7) is 7.89. The summed E-state index contributed by atoms with van der Waals surface area (Å²) < 4.78 is 31.0. The molecule has 0 unspecified atom stereocenters. The summed E-state index contributed by atoms with van der Waals surface area (Å²) in [6.07, 6.45) is 1.63. The number of carbonyl (C=O) groups is 2. The van der Waals surface area contributed by atoms with Gasteiger partial charge in [0.25, 0.3) is 5.91 Å². The molecule has 5 rings (SSSR count). The van der Waals surface area contributed by atoms with E-state index in [1.165, 1.54) is 19.2 Å². The predicted octanol–water partition coefficient (Wildman–Crippen LogP) is 5.01. The second-order valence-corrected chi connectivity index (χ2v) is 10.2. The van der Waals surface area contributed by atoms with E-state index in [0.717, 1.165) is 31.3 Å². The number of carbonyl (C=O) groups excluding carboxylic acids is 2. The van der Waals surface area contributed by atoms with Crippen LogP contribution >= 0.6 is 0 Å². The Bertz CT molecular complexity index is 1290. The lowest BCUT2D eigenvalue weighted by atomic mass is 10.0. The van der Waals surface area contributed by atoms with E-state index in [1.54, 1.807) is 21.9 Å². The zero-order chi connectivity index (χ0) is 26.8. The van der Waals surface area contributed by atoms with Crippen LogP contribution in [0.3, 0.4) is 0 Å². The van der Waals surface area contributed by atoms with Crippen molar-refractivity contribution in [2.45, 2.75) is 38.8 Å². The molecule has 9 heteroatoms. The zero-order valence-electron chi connectivity index (χ0n) is 22.1. The Morgan fingerprint density at radius 3 is 2.24 bits per heavy atom. The molecule has 2 amide bonds. The largest absolute Gasteiger partial charge is 0.490 e. The van der Waals surface area contributed by atoms with Crippen molar-refractivity contribution in [3.05, 3.63) is 54.0 Å². The molecule has 8 nitrogen and oxygen atoms in total. The highest BCUT2D eigenvalue weighted by molar-refractivity contribution is 6.08. The van der Waals surface area contributed by atoms with E-state index < -0.39 is 6.09 Å². The lowest BCUT2D eigenvalue weighted by Gasteiger charge is -2.34. The minimum Gasteiger partial charge on any atom is -0.490 e. The molecule has 0 bridgehead atoms. The van der Waals surface area contributed by atoms with Crippen molar-refractivity contribution >= 4 is 23.0 Å². The molecule has 0 spiro atoms. The quantitative estimate of drug-likeness (QED) is 0.468. The highest BCUT2D eigenvalue weighted by Gasteiger charge is 2.30. The number of rotatable bonds is 5. The molecule has 3 aromatic rings. The van der Waals surface area contributed by atoms with Crippen LogP contribution in [0.25, 0.3) is 22.1 Å². The second kappa shape index (κ2) is 11.0. The number of ether oxygens (including phenoxy) is 2. The van der Waals surface area contributed by atoms with E-state index in [-0.39, 0.29) is 23.6 Å². The van der Waals surface area contributed by atoms with Crippen molar-refractivity contribution in [1.82, 2.24) is 14.7 Å². The van der Waals surface area contributed by atoms with Crippen molar-refractivity contribution in [2.75, 3.05) is 46.4 Å². The minimum absolute atomic E-state index is 0.126. The maximum Gasteiger partial charge on any atom is 0.409 e. The molecule has 2 aliphatic heterocycles. The van der Waals surface area contributed by atoms with Crippen LogP contribution in [-0.4, -0.2) is 85.2 Å². The van der Waals surface area contributed by atoms with Crippen LogP contribution < -0.4 is 4.74 Å². The highest BCUT2D eigenvalue weighted by Crippen LogP contribution is 2.38. The molecule has 0 saturated carbocycles. The normalized spacial score (nSPS) is 17.3. The molecule has 2 fully saturated rings. The Labute approximate surface area is 221 Å². The molecular weight excluding hydrogens is 489 g/mol. The van der Waals surface area contributed by atoms with Gasteiger partial charge in [0, 0.05) is 62.3 Å². The number of halogens is 1. The number of methoxy groups -OCH3 is 1. The van der Waals surface area contributed by atoms with Crippen molar-refractivity contribution in [1.29, 1.82) is 0 Å². The van der Waals surface area contributed by atoms with Gasteiger partial charge in [-0.1, -0.05) is 12.1 Å². The van der Waals surface area contributed by atoms with Gasteiger partial charge in [-0.05, 0) is 56.5 Å². The Hall–Kier alpha value is -3.59. The fourth-order valence-corrected chi connectivity index (χ4v) is 5.27. The zero-order valence-corrected chi connectivity index (χ0v) is 22.1. The Morgan fingerprint density at radius 2 is 1.61 bits per heavy atom. The molecular formula is C29H34FN3O5. The first kappa shape index (κ1) is 26.0. The fraction of sp³-hybridized carbons (Fsp3) is 0.448. The molecule has 0 radical (unpaired) electrons. The monoisotopic (exact) mass is 523 g/mol. The fourth-order valence-electron chi connectivity index (χ4n) is 5.27. The van der Waals surface area contributed by atoms with Crippen LogP contribution in [0.1, 0.15) is 37.2 Å². The molecule has 2 aromatic carbocycles. The molecule has 3 heterocycles. The summed E-state index contributed by atoms with van der Waals surface area (Å²) >= 11 is 0. The van der Waals surface area contributed by atoms with Gasteiger partial charge < -0.3 is 28.6 Å². The number of amides is 2. The first-order valence-electron chi connectivity index (χ1n) is 13.2. The minimum atomic E-state index is -0.407. The molecule has 202 valence electrons. The summed E-state index contributed by atoms with van der Waals surface area (Å²) in [5.41, 5.74) is 1.85. The van der Waals surface area contributed by atoms with Gasteiger partial charge in [0.05, 0.1) is 7.11 Å². The van der Waals surface area contributed by atoms with Crippen LogP contribution in [0.15, 0.2) is 46.9 Å². The number of benzene rings is 2. The van der Waals surface area contributed by atoms with E-state index in [2.05, 4.69) is 18.7 Å². The SMILES string of the molecule is COC(=O)N1CCN(C(=O)c2oc3cc(OC4CCN(C(C)C)CC4)ccc3c2-c2ccc(F)cc2)CC1. The van der Waals surface area contributed by atoms with Crippen LogP contribution in [0, 0.1) is 5.82 Å². The lowest BCUT2D eigenvalue weighted by molar-refractivity contribution is 0.0576. The van der Waals surface area contributed by atoms with Gasteiger partial charge in [-0.15, -0.1) is 0 Å². The molecule has 2 saturated heterocycles. The number of piperidine rings is 1. The average molecular weight is 524 g/mol. The number of likely N-dealkylation sites (tertiary alicyclic amines) is 1. The van der Waals surface area contributed by atoms with E-state index in [4.69, 9.17) is 13.9 Å². The first-order chi connectivity index (χ1) is 18.3. The summed E-state index contributed by atoms with van der Waals surface area (Å²) in [5.74, 6) is 0.271. The average Bonchev–Trinajstić information content (AvgIpc) is 3.31. The number of hydrogen-bond donors (Lipinski definition) is 0. The standard InChI is InChI=1S/C29H34FN3O5/c1-19(2)31-12-10-22(11-13-31)37-23-8-9-24-25(18-23)38-27(26(24)20-4-6-21(30)7-5-20)28(34)32-14-16-33(17-15-32)29(35)36-3/h4-9,18-19,22H,10-17H2,1-3H3. The van der Waals surface area contributed by atoms with E-state index >= 15 is 0 Å².